The molecule has 4 fully saturated rings. The van der Waals surface area contributed by atoms with Crippen molar-refractivity contribution in [3.05, 3.63) is 11.6 Å². The summed E-state index contributed by atoms with van der Waals surface area (Å²) in [5, 5.41) is 8.99. The zero-order chi connectivity index (χ0) is 11.6. The predicted octanol–water partition coefficient (Wildman–Crippen LogP) is 3.39. The molecule has 4 aliphatic rings. The predicted molar refractivity (Wildman–Crippen MR) is 66.0 cm³/mol. The van der Waals surface area contributed by atoms with Crippen LogP contribution in [0.5, 0.6) is 0 Å². The smallest absolute Gasteiger partial charge is 0.0639 e. The summed E-state index contributed by atoms with van der Waals surface area (Å²) in [7, 11) is 0. The van der Waals surface area contributed by atoms with E-state index in [1.54, 1.807) is 0 Å². The molecule has 0 aromatic rings. The van der Waals surface area contributed by atoms with Crippen molar-refractivity contribution in [2.45, 2.75) is 46.5 Å². The Morgan fingerprint density at radius 2 is 1.94 bits per heavy atom. The van der Waals surface area contributed by atoms with E-state index >= 15 is 0 Å². The van der Waals surface area contributed by atoms with E-state index in [1.165, 1.54) is 19.3 Å². The van der Waals surface area contributed by atoms with Gasteiger partial charge in [-0.2, -0.15) is 0 Å². The minimum Gasteiger partial charge on any atom is -0.392 e. The highest BCUT2D eigenvalue weighted by atomic mass is 16.3. The normalized spacial score (nSPS) is 53.5. The van der Waals surface area contributed by atoms with Crippen LogP contribution < -0.4 is 0 Å². The Bertz CT molecular complexity index is 331. The highest BCUT2D eigenvalue weighted by Crippen LogP contribution is 2.87. The Kier molecular flexibility index (Phi) is 2.12. The molecular weight excluding hydrogens is 196 g/mol. The van der Waals surface area contributed by atoms with Crippen LogP contribution in [0.2, 0.25) is 0 Å². The maximum absolute atomic E-state index is 8.99. The first-order valence-electron chi connectivity index (χ1n) is 6.80. The van der Waals surface area contributed by atoms with Gasteiger partial charge >= 0.3 is 0 Å². The lowest BCUT2D eigenvalue weighted by Gasteiger charge is -2.34. The molecule has 16 heavy (non-hydrogen) atoms. The summed E-state index contributed by atoms with van der Waals surface area (Å²) in [6.45, 7) is 7.33. The van der Waals surface area contributed by atoms with Gasteiger partial charge in [0.2, 0.25) is 0 Å². The molecule has 0 saturated heterocycles. The van der Waals surface area contributed by atoms with Crippen molar-refractivity contribution in [2.75, 3.05) is 6.61 Å². The van der Waals surface area contributed by atoms with Crippen LogP contribution in [0.1, 0.15) is 46.5 Å². The van der Waals surface area contributed by atoms with Gasteiger partial charge in [0.25, 0.3) is 0 Å². The molecule has 1 heteroatoms. The summed E-state index contributed by atoms with van der Waals surface area (Å²) >= 11 is 0. The van der Waals surface area contributed by atoms with E-state index in [9.17, 15) is 0 Å². The maximum atomic E-state index is 8.99. The molecule has 4 bridgehead atoms. The molecule has 0 amide bonds. The van der Waals surface area contributed by atoms with Crippen molar-refractivity contribution < 1.29 is 5.11 Å². The summed E-state index contributed by atoms with van der Waals surface area (Å²) in [4.78, 5) is 0. The number of rotatable bonds is 4. The van der Waals surface area contributed by atoms with Gasteiger partial charge in [0.05, 0.1) is 6.61 Å². The number of hydrogen-bond donors (Lipinski definition) is 1. The van der Waals surface area contributed by atoms with Gasteiger partial charge in [-0.1, -0.05) is 25.5 Å². The summed E-state index contributed by atoms with van der Waals surface area (Å²) in [6, 6.07) is 0. The molecule has 4 rings (SSSR count). The molecule has 0 spiro atoms. The minimum absolute atomic E-state index is 0.225. The molecule has 4 saturated carbocycles. The van der Waals surface area contributed by atoms with Gasteiger partial charge in [-0.3, -0.25) is 0 Å². The average molecular weight is 220 g/mol. The van der Waals surface area contributed by atoms with E-state index in [0.717, 1.165) is 29.7 Å². The molecule has 1 N–H and O–H groups in total. The fraction of sp³-hybridized carbons (Fsp3) is 0.867. The molecule has 90 valence electrons. The van der Waals surface area contributed by atoms with Crippen LogP contribution in [0, 0.1) is 28.6 Å². The van der Waals surface area contributed by atoms with Crippen LogP contribution in [0.25, 0.3) is 0 Å². The molecule has 4 aliphatic carbocycles. The summed E-state index contributed by atoms with van der Waals surface area (Å²) in [5.74, 6) is 3.16. The second-order valence-corrected chi connectivity index (χ2v) is 6.83. The zero-order valence-corrected chi connectivity index (χ0v) is 10.8. The van der Waals surface area contributed by atoms with Crippen LogP contribution >= 0.6 is 0 Å². The topological polar surface area (TPSA) is 20.2 Å². The molecular formula is C15H24O. The van der Waals surface area contributed by atoms with Crippen molar-refractivity contribution >= 4 is 0 Å². The summed E-state index contributed by atoms with van der Waals surface area (Å²) in [5.41, 5.74) is 2.43. The van der Waals surface area contributed by atoms with Crippen molar-refractivity contribution in [3.8, 4) is 0 Å². The summed E-state index contributed by atoms with van der Waals surface area (Å²) < 4.78 is 0. The zero-order valence-electron chi connectivity index (χ0n) is 10.8. The Balaban J connectivity index is 1.68. The average Bonchev–Trinajstić information content (AvgIpc) is 2.62. The molecule has 2 unspecified atom stereocenters. The maximum Gasteiger partial charge on any atom is 0.0639 e. The number of hydrogen-bond acceptors (Lipinski definition) is 1. The lowest BCUT2D eigenvalue weighted by atomic mass is 9.71. The minimum atomic E-state index is 0.225. The second-order valence-electron chi connectivity index (χ2n) is 6.83. The SMILES string of the molecule is C/C(=C/CC[C@@]1(C)[C@@H]2CC3[C@@H](C2)C31C)CO. The van der Waals surface area contributed by atoms with Gasteiger partial charge in [0.1, 0.15) is 0 Å². The van der Waals surface area contributed by atoms with E-state index in [-0.39, 0.29) is 6.61 Å². The Morgan fingerprint density at radius 1 is 1.31 bits per heavy atom. The quantitative estimate of drug-likeness (QED) is 0.720. The van der Waals surface area contributed by atoms with Gasteiger partial charge in [-0.15, -0.1) is 0 Å². The van der Waals surface area contributed by atoms with Crippen LogP contribution in [-0.4, -0.2) is 11.7 Å². The number of allylic oxidation sites excluding steroid dienone is 1. The van der Waals surface area contributed by atoms with Gasteiger partial charge < -0.3 is 5.11 Å². The first-order valence-corrected chi connectivity index (χ1v) is 6.80. The fourth-order valence-corrected chi connectivity index (χ4v) is 5.19. The summed E-state index contributed by atoms with van der Waals surface area (Å²) in [6.07, 6.45) is 7.76. The van der Waals surface area contributed by atoms with Gasteiger partial charge in [-0.25, -0.2) is 0 Å². The number of aliphatic hydroxyl groups excluding tert-OH is 1. The Hall–Kier alpha value is -0.300. The largest absolute Gasteiger partial charge is 0.392 e. The third-order valence-electron chi connectivity index (χ3n) is 6.53. The first-order chi connectivity index (χ1) is 7.54. The van der Waals surface area contributed by atoms with Crippen LogP contribution in [-0.2, 0) is 0 Å². The van der Waals surface area contributed by atoms with Gasteiger partial charge in [-0.05, 0) is 61.2 Å². The van der Waals surface area contributed by atoms with E-state index in [2.05, 4.69) is 19.9 Å². The van der Waals surface area contributed by atoms with E-state index in [1.807, 2.05) is 6.92 Å². The van der Waals surface area contributed by atoms with Crippen LogP contribution in [0.15, 0.2) is 11.6 Å². The van der Waals surface area contributed by atoms with E-state index in [4.69, 9.17) is 5.11 Å². The lowest BCUT2D eigenvalue weighted by molar-refractivity contribution is 0.154. The molecule has 0 aliphatic heterocycles. The van der Waals surface area contributed by atoms with E-state index < -0.39 is 0 Å². The molecule has 0 aromatic heterocycles. The molecule has 0 aromatic carbocycles. The molecule has 1 nitrogen and oxygen atoms in total. The molecule has 0 heterocycles. The lowest BCUT2D eigenvalue weighted by Crippen LogP contribution is -2.26. The third kappa shape index (κ3) is 1.06. The number of aliphatic hydroxyl groups is 1. The third-order valence-corrected chi connectivity index (χ3v) is 6.53. The van der Waals surface area contributed by atoms with Gasteiger partial charge in [0, 0.05) is 0 Å². The van der Waals surface area contributed by atoms with Crippen molar-refractivity contribution in [3.63, 3.8) is 0 Å². The standard InChI is InChI=1S/C15H24O/c1-10(9-16)5-4-6-14(2)11-7-12-13(8-11)15(12,14)3/h5,11-13,16H,4,6-9H2,1-3H3/b10-5-/t11-,12+,13?,14-,15?/m0/s1. The molecule has 0 radical (unpaired) electrons. The highest BCUT2D eigenvalue weighted by Gasteiger charge is 2.80. The van der Waals surface area contributed by atoms with Crippen molar-refractivity contribution in [1.29, 1.82) is 0 Å². The Morgan fingerprint density at radius 3 is 2.38 bits per heavy atom. The van der Waals surface area contributed by atoms with Crippen LogP contribution in [0.4, 0.5) is 0 Å². The van der Waals surface area contributed by atoms with Crippen molar-refractivity contribution in [1.82, 2.24) is 0 Å². The Labute approximate surface area is 98.9 Å². The first kappa shape index (κ1) is 10.8. The fourth-order valence-electron chi connectivity index (χ4n) is 5.19. The van der Waals surface area contributed by atoms with Crippen LogP contribution in [0.3, 0.4) is 0 Å². The van der Waals surface area contributed by atoms with Crippen molar-refractivity contribution in [2.24, 2.45) is 28.6 Å². The van der Waals surface area contributed by atoms with Gasteiger partial charge in [0.15, 0.2) is 0 Å². The highest BCUT2D eigenvalue weighted by molar-refractivity contribution is 5.29. The van der Waals surface area contributed by atoms with E-state index in [0.29, 0.717) is 10.8 Å². The molecule has 5 atom stereocenters. The second kappa shape index (κ2) is 3.13. The monoisotopic (exact) mass is 220 g/mol.